The normalized spacial score (nSPS) is 45.8. The molecule has 1 nitrogen and oxygen atoms in total. The Morgan fingerprint density at radius 2 is 2.18 bits per heavy atom. The second kappa shape index (κ2) is 2.48. The predicted octanol–water partition coefficient (Wildman–Crippen LogP) is 2.13. The SMILES string of the molecule is C[C@H]1CCC2(CCN(C)C2)C1. The third-order valence-electron chi connectivity index (χ3n) is 3.58. The van der Waals surface area contributed by atoms with Crippen molar-refractivity contribution in [2.75, 3.05) is 20.1 Å². The van der Waals surface area contributed by atoms with Crippen LogP contribution >= 0.6 is 0 Å². The summed E-state index contributed by atoms with van der Waals surface area (Å²) in [5, 5.41) is 0. The molecule has 0 amide bonds. The highest BCUT2D eigenvalue weighted by Crippen LogP contribution is 2.47. The minimum atomic E-state index is 0.758. The molecule has 0 bridgehead atoms. The molecule has 1 unspecified atom stereocenters. The van der Waals surface area contributed by atoms with Crippen LogP contribution < -0.4 is 0 Å². The maximum Gasteiger partial charge on any atom is 0.00355 e. The number of likely N-dealkylation sites (tertiary alicyclic amines) is 1. The Kier molecular flexibility index (Phi) is 1.71. The molecule has 0 aromatic heterocycles. The Morgan fingerprint density at radius 3 is 2.64 bits per heavy atom. The Labute approximate surface area is 69.8 Å². The highest BCUT2D eigenvalue weighted by atomic mass is 15.1. The minimum Gasteiger partial charge on any atom is -0.306 e. The van der Waals surface area contributed by atoms with Crippen LogP contribution in [0.25, 0.3) is 0 Å². The van der Waals surface area contributed by atoms with Crippen molar-refractivity contribution < 1.29 is 0 Å². The van der Waals surface area contributed by atoms with Crippen LogP contribution in [-0.4, -0.2) is 25.0 Å². The van der Waals surface area contributed by atoms with Gasteiger partial charge in [0.15, 0.2) is 0 Å². The van der Waals surface area contributed by atoms with E-state index in [1.165, 1.54) is 38.8 Å². The monoisotopic (exact) mass is 153 g/mol. The molecule has 1 aliphatic carbocycles. The smallest absolute Gasteiger partial charge is 0.00355 e. The molecule has 0 N–H and O–H groups in total. The van der Waals surface area contributed by atoms with Crippen molar-refractivity contribution in [3.05, 3.63) is 0 Å². The van der Waals surface area contributed by atoms with E-state index in [4.69, 9.17) is 0 Å². The fourth-order valence-electron chi connectivity index (χ4n) is 3.03. The predicted molar refractivity (Wildman–Crippen MR) is 47.6 cm³/mol. The molecule has 2 aliphatic rings. The van der Waals surface area contributed by atoms with E-state index in [9.17, 15) is 0 Å². The summed E-state index contributed by atoms with van der Waals surface area (Å²) in [6.07, 6.45) is 5.94. The van der Waals surface area contributed by atoms with Gasteiger partial charge in [0.25, 0.3) is 0 Å². The van der Waals surface area contributed by atoms with Crippen molar-refractivity contribution in [1.29, 1.82) is 0 Å². The summed E-state index contributed by atoms with van der Waals surface area (Å²) < 4.78 is 0. The molecule has 1 heterocycles. The maximum absolute atomic E-state index is 2.50. The zero-order valence-electron chi connectivity index (χ0n) is 7.77. The second-order valence-corrected chi connectivity index (χ2v) is 4.84. The van der Waals surface area contributed by atoms with Gasteiger partial charge < -0.3 is 4.90 Å². The van der Waals surface area contributed by atoms with Crippen molar-refractivity contribution in [2.45, 2.75) is 32.6 Å². The fraction of sp³-hybridized carbons (Fsp3) is 1.00. The molecule has 64 valence electrons. The molecule has 0 radical (unpaired) electrons. The first kappa shape index (κ1) is 7.60. The molecule has 1 heteroatoms. The average molecular weight is 153 g/mol. The largest absolute Gasteiger partial charge is 0.306 e. The molecule has 2 atom stereocenters. The first-order valence-corrected chi connectivity index (χ1v) is 4.89. The quantitative estimate of drug-likeness (QED) is 0.515. The second-order valence-electron chi connectivity index (χ2n) is 4.84. The van der Waals surface area contributed by atoms with Gasteiger partial charge in [-0.15, -0.1) is 0 Å². The van der Waals surface area contributed by atoms with Crippen LogP contribution in [0.4, 0.5) is 0 Å². The van der Waals surface area contributed by atoms with E-state index >= 15 is 0 Å². The molecule has 2 rings (SSSR count). The minimum absolute atomic E-state index is 0.758. The molecular weight excluding hydrogens is 134 g/mol. The van der Waals surface area contributed by atoms with Crippen molar-refractivity contribution in [2.24, 2.45) is 11.3 Å². The topological polar surface area (TPSA) is 3.24 Å². The summed E-state index contributed by atoms with van der Waals surface area (Å²) in [5.41, 5.74) is 0.758. The number of nitrogens with zero attached hydrogens (tertiary/aromatic N) is 1. The lowest BCUT2D eigenvalue weighted by Gasteiger charge is -2.22. The van der Waals surface area contributed by atoms with Crippen molar-refractivity contribution in [3.8, 4) is 0 Å². The van der Waals surface area contributed by atoms with Gasteiger partial charge in [0.05, 0.1) is 0 Å². The van der Waals surface area contributed by atoms with Gasteiger partial charge in [-0.05, 0) is 44.2 Å². The van der Waals surface area contributed by atoms with Gasteiger partial charge in [-0.1, -0.05) is 13.3 Å². The van der Waals surface area contributed by atoms with E-state index in [2.05, 4.69) is 18.9 Å². The summed E-state index contributed by atoms with van der Waals surface area (Å²) in [6.45, 7) is 5.12. The van der Waals surface area contributed by atoms with E-state index in [1.807, 2.05) is 0 Å². The lowest BCUT2D eigenvalue weighted by molar-refractivity contribution is 0.281. The van der Waals surface area contributed by atoms with Crippen molar-refractivity contribution in [1.82, 2.24) is 4.90 Å². The van der Waals surface area contributed by atoms with Crippen molar-refractivity contribution >= 4 is 0 Å². The molecule has 1 saturated heterocycles. The van der Waals surface area contributed by atoms with Gasteiger partial charge in [-0.2, -0.15) is 0 Å². The molecule has 1 saturated carbocycles. The Morgan fingerprint density at radius 1 is 1.36 bits per heavy atom. The van der Waals surface area contributed by atoms with Crippen LogP contribution in [0.1, 0.15) is 32.6 Å². The van der Waals surface area contributed by atoms with Gasteiger partial charge >= 0.3 is 0 Å². The number of hydrogen-bond donors (Lipinski definition) is 0. The van der Waals surface area contributed by atoms with E-state index in [1.54, 1.807) is 0 Å². The van der Waals surface area contributed by atoms with Gasteiger partial charge in [0, 0.05) is 6.54 Å². The highest BCUT2D eigenvalue weighted by molar-refractivity contribution is 4.94. The van der Waals surface area contributed by atoms with E-state index in [0.29, 0.717) is 0 Å². The van der Waals surface area contributed by atoms with Crippen LogP contribution in [-0.2, 0) is 0 Å². The van der Waals surface area contributed by atoms with Crippen LogP contribution in [0.2, 0.25) is 0 Å². The first-order chi connectivity index (χ1) is 5.20. The van der Waals surface area contributed by atoms with E-state index in [0.717, 1.165) is 11.3 Å². The summed E-state index contributed by atoms with van der Waals surface area (Å²) in [6, 6.07) is 0. The zero-order chi connectivity index (χ0) is 7.90. The highest BCUT2D eigenvalue weighted by Gasteiger charge is 2.41. The molecule has 0 aromatic carbocycles. The summed E-state index contributed by atoms with van der Waals surface area (Å²) >= 11 is 0. The third-order valence-corrected chi connectivity index (χ3v) is 3.58. The molecule has 0 aromatic rings. The van der Waals surface area contributed by atoms with Gasteiger partial charge in [0.2, 0.25) is 0 Å². The Hall–Kier alpha value is -0.0400. The fourth-order valence-corrected chi connectivity index (χ4v) is 3.03. The molecule has 2 fully saturated rings. The van der Waals surface area contributed by atoms with Gasteiger partial charge in [-0.3, -0.25) is 0 Å². The third kappa shape index (κ3) is 1.31. The molecule has 11 heavy (non-hydrogen) atoms. The van der Waals surface area contributed by atoms with Crippen LogP contribution in [0.3, 0.4) is 0 Å². The lowest BCUT2D eigenvalue weighted by Crippen LogP contribution is -2.21. The Bertz CT molecular complexity index is 135. The maximum atomic E-state index is 2.50. The number of rotatable bonds is 0. The van der Waals surface area contributed by atoms with Crippen LogP contribution in [0, 0.1) is 11.3 Å². The van der Waals surface area contributed by atoms with Gasteiger partial charge in [0.1, 0.15) is 0 Å². The lowest BCUT2D eigenvalue weighted by atomic mass is 9.85. The zero-order valence-corrected chi connectivity index (χ0v) is 7.77. The van der Waals surface area contributed by atoms with Gasteiger partial charge in [-0.25, -0.2) is 0 Å². The number of hydrogen-bond acceptors (Lipinski definition) is 1. The summed E-state index contributed by atoms with van der Waals surface area (Å²) in [5.74, 6) is 1.00. The molecule has 1 aliphatic heterocycles. The van der Waals surface area contributed by atoms with Crippen LogP contribution in [0.15, 0.2) is 0 Å². The standard InChI is InChI=1S/C10H19N/c1-9-3-4-10(7-9)5-6-11(2)8-10/h9H,3-8H2,1-2H3/t9-,10?/m0/s1. The van der Waals surface area contributed by atoms with E-state index in [-0.39, 0.29) is 0 Å². The molecular formula is C10H19N. The van der Waals surface area contributed by atoms with Crippen LogP contribution in [0.5, 0.6) is 0 Å². The van der Waals surface area contributed by atoms with E-state index < -0.39 is 0 Å². The molecule has 1 spiro atoms. The summed E-state index contributed by atoms with van der Waals surface area (Å²) in [7, 11) is 2.26. The summed E-state index contributed by atoms with van der Waals surface area (Å²) in [4.78, 5) is 2.50. The van der Waals surface area contributed by atoms with Crippen molar-refractivity contribution in [3.63, 3.8) is 0 Å². The Balaban J connectivity index is 2.02. The average Bonchev–Trinajstić information content (AvgIpc) is 2.44. The first-order valence-electron chi connectivity index (χ1n) is 4.89.